The Balaban J connectivity index is 1.68. The van der Waals surface area contributed by atoms with Crippen LogP contribution in [-0.4, -0.2) is 37.3 Å². The van der Waals surface area contributed by atoms with Gasteiger partial charge in [0.1, 0.15) is 11.5 Å². The number of amides is 2. The van der Waals surface area contributed by atoms with Crippen molar-refractivity contribution in [2.45, 2.75) is 25.2 Å². The van der Waals surface area contributed by atoms with E-state index < -0.39 is 0 Å². The second kappa shape index (κ2) is 9.50. The smallest absolute Gasteiger partial charge is 0.237 e. The maximum Gasteiger partial charge on any atom is 0.237 e. The van der Waals surface area contributed by atoms with Crippen molar-refractivity contribution in [3.63, 3.8) is 0 Å². The van der Waals surface area contributed by atoms with Gasteiger partial charge in [-0.3, -0.25) is 9.59 Å². The summed E-state index contributed by atoms with van der Waals surface area (Å²) in [7, 11) is 0. The molecule has 0 aliphatic carbocycles. The van der Waals surface area contributed by atoms with E-state index in [9.17, 15) is 9.59 Å². The Bertz CT molecular complexity index is 856. The Morgan fingerprint density at radius 2 is 1.93 bits per heavy atom. The minimum absolute atomic E-state index is 0.0184. The molecule has 0 saturated carbocycles. The fourth-order valence-corrected chi connectivity index (χ4v) is 3.91. The average Bonchev–Trinajstić information content (AvgIpc) is 2.69. The van der Waals surface area contributed by atoms with Crippen LogP contribution in [0, 0.1) is 0 Å². The molecule has 1 N–H and O–H groups in total. The molecule has 0 fully saturated rings. The van der Waals surface area contributed by atoms with Crippen molar-refractivity contribution < 1.29 is 19.1 Å². The monoisotopic (exact) mass is 400 g/mol. The van der Waals surface area contributed by atoms with E-state index in [-0.39, 0.29) is 18.2 Å². The second-order valence-corrected chi connectivity index (χ2v) is 7.14. The van der Waals surface area contributed by atoms with Crippen LogP contribution in [0.5, 0.6) is 11.5 Å². The van der Waals surface area contributed by atoms with Gasteiger partial charge in [-0.15, -0.1) is 11.8 Å². The number of carbonyl (C=O) groups is 2. The number of hydrogen-bond acceptors (Lipinski definition) is 5. The summed E-state index contributed by atoms with van der Waals surface area (Å²) in [6, 6.07) is 13.1. The summed E-state index contributed by atoms with van der Waals surface area (Å²) in [5.41, 5.74) is 1.43. The number of carbonyl (C=O) groups excluding carboxylic acids is 2. The summed E-state index contributed by atoms with van der Waals surface area (Å²) in [6.45, 7) is 5.15. The summed E-state index contributed by atoms with van der Waals surface area (Å²) in [6.07, 6.45) is 0.190. The number of hydrogen-bond donors (Lipinski definition) is 1. The molecule has 0 unspecified atom stereocenters. The zero-order valence-corrected chi connectivity index (χ0v) is 16.9. The van der Waals surface area contributed by atoms with Crippen LogP contribution in [0.4, 0.5) is 11.4 Å². The van der Waals surface area contributed by atoms with E-state index in [4.69, 9.17) is 9.47 Å². The Hall–Kier alpha value is -2.67. The Morgan fingerprint density at radius 3 is 2.71 bits per heavy atom. The predicted molar refractivity (Wildman–Crippen MR) is 112 cm³/mol. The molecule has 0 saturated heterocycles. The van der Waals surface area contributed by atoms with Gasteiger partial charge < -0.3 is 19.7 Å². The number of anilines is 2. The van der Waals surface area contributed by atoms with Crippen LogP contribution in [0.25, 0.3) is 0 Å². The SMILES string of the molecule is CCOc1ccc(OCC)c(NC(=O)CCN2C(=O)CSc3ccccc32)c1. The van der Waals surface area contributed by atoms with Gasteiger partial charge in [0.25, 0.3) is 0 Å². The number of rotatable bonds is 8. The number of fused-ring (bicyclic) bond motifs is 1. The van der Waals surface area contributed by atoms with Gasteiger partial charge in [-0.05, 0) is 38.1 Å². The minimum atomic E-state index is -0.182. The summed E-state index contributed by atoms with van der Waals surface area (Å²) in [4.78, 5) is 27.6. The van der Waals surface area contributed by atoms with Crippen molar-refractivity contribution >= 4 is 35.0 Å². The molecule has 1 aliphatic heterocycles. The third-order valence-corrected chi connectivity index (χ3v) is 5.25. The van der Waals surface area contributed by atoms with Crippen LogP contribution in [0.1, 0.15) is 20.3 Å². The lowest BCUT2D eigenvalue weighted by molar-refractivity contribution is -0.117. The van der Waals surface area contributed by atoms with Gasteiger partial charge in [0, 0.05) is 23.9 Å². The number of nitrogens with zero attached hydrogens (tertiary/aromatic N) is 1. The first-order valence-electron chi connectivity index (χ1n) is 9.34. The van der Waals surface area contributed by atoms with Gasteiger partial charge in [0.15, 0.2) is 0 Å². The number of benzene rings is 2. The lowest BCUT2D eigenvalue weighted by Gasteiger charge is -2.28. The highest BCUT2D eigenvalue weighted by Crippen LogP contribution is 2.35. The molecule has 0 bridgehead atoms. The number of para-hydroxylation sites is 1. The summed E-state index contributed by atoms with van der Waals surface area (Å²) in [5.74, 6) is 1.49. The standard InChI is InChI=1S/C21H24N2O4S/c1-3-26-15-9-10-18(27-4-2)16(13-15)22-20(24)11-12-23-17-7-5-6-8-19(17)28-14-21(23)25/h5-10,13H,3-4,11-12,14H2,1-2H3,(H,22,24). The van der Waals surface area contributed by atoms with Crippen LogP contribution in [0.3, 0.4) is 0 Å². The molecule has 28 heavy (non-hydrogen) atoms. The molecular weight excluding hydrogens is 376 g/mol. The van der Waals surface area contributed by atoms with E-state index >= 15 is 0 Å². The molecule has 2 aromatic rings. The molecule has 2 aromatic carbocycles. The van der Waals surface area contributed by atoms with E-state index in [0.29, 0.717) is 42.7 Å². The summed E-state index contributed by atoms with van der Waals surface area (Å²) < 4.78 is 11.1. The first kappa shape index (κ1) is 20.1. The van der Waals surface area contributed by atoms with Crippen LogP contribution in [-0.2, 0) is 9.59 Å². The Morgan fingerprint density at radius 1 is 1.14 bits per heavy atom. The van der Waals surface area contributed by atoms with Crippen LogP contribution >= 0.6 is 11.8 Å². The molecule has 2 amide bonds. The van der Waals surface area contributed by atoms with Gasteiger partial charge in [-0.2, -0.15) is 0 Å². The molecule has 0 atom stereocenters. The first-order valence-corrected chi connectivity index (χ1v) is 10.3. The second-order valence-electron chi connectivity index (χ2n) is 6.12. The molecule has 3 rings (SSSR count). The molecule has 1 aliphatic rings. The largest absolute Gasteiger partial charge is 0.494 e. The van der Waals surface area contributed by atoms with Crippen molar-refractivity contribution in [3.8, 4) is 11.5 Å². The minimum Gasteiger partial charge on any atom is -0.494 e. The third-order valence-electron chi connectivity index (χ3n) is 4.21. The number of thioether (sulfide) groups is 1. The normalized spacial score (nSPS) is 13.1. The van der Waals surface area contributed by atoms with E-state index in [1.165, 1.54) is 11.8 Å². The summed E-state index contributed by atoms with van der Waals surface area (Å²) >= 11 is 1.53. The zero-order valence-electron chi connectivity index (χ0n) is 16.1. The van der Waals surface area contributed by atoms with Gasteiger partial charge in [-0.25, -0.2) is 0 Å². The van der Waals surface area contributed by atoms with Gasteiger partial charge in [-0.1, -0.05) is 12.1 Å². The van der Waals surface area contributed by atoms with Crippen molar-refractivity contribution in [2.75, 3.05) is 35.7 Å². The maximum absolute atomic E-state index is 12.5. The van der Waals surface area contributed by atoms with Crippen molar-refractivity contribution in [1.29, 1.82) is 0 Å². The fourth-order valence-electron chi connectivity index (χ4n) is 2.97. The highest BCUT2D eigenvalue weighted by atomic mass is 32.2. The topological polar surface area (TPSA) is 67.9 Å². The third kappa shape index (κ3) is 4.78. The predicted octanol–water partition coefficient (Wildman–Crippen LogP) is 3.95. The van der Waals surface area contributed by atoms with Crippen molar-refractivity contribution in [1.82, 2.24) is 0 Å². The molecule has 148 valence electrons. The molecule has 6 nitrogen and oxygen atoms in total. The molecule has 0 aromatic heterocycles. The Kier molecular flexibility index (Phi) is 6.81. The number of nitrogens with one attached hydrogen (secondary N) is 1. The number of ether oxygens (including phenoxy) is 2. The highest BCUT2D eigenvalue weighted by Gasteiger charge is 2.24. The van der Waals surface area contributed by atoms with E-state index in [1.54, 1.807) is 17.0 Å². The molecule has 0 spiro atoms. The van der Waals surface area contributed by atoms with Crippen molar-refractivity contribution in [3.05, 3.63) is 42.5 Å². The highest BCUT2D eigenvalue weighted by molar-refractivity contribution is 8.00. The van der Waals surface area contributed by atoms with Gasteiger partial charge in [0.2, 0.25) is 11.8 Å². The van der Waals surface area contributed by atoms with Crippen molar-refractivity contribution in [2.24, 2.45) is 0 Å². The van der Waals surface area contributed by atoms with Gasteiger partial charge in [0.05, 0.1) is 30.3 Å². The zero-order chi connectivity index (χ0) is 19.9. The lowest BCUT2D eigenvalue weighted by atomic mass is 10.2. The van der Waals surface area contributed by atoms with E-state index in [1.807, 2.05) is 44.2 Å². The first-order chi connectivity index (χ1) is 13.6. The summed E-state index contributed by atoms with van der Waals surface area (Å²) in [5, 5.41) is 2.89. The quantitative estimate of drug-likeness (QED) is 0.727. The molecule has 0 radical (unpaired) electrons. The van der Waals surface area contributed by atoms with Crippen LogP contribution in [0.15, 0.2) is 47.4 Å². The molecular formula is C21H24N2O4S. The van der Waals surface area contributed by atoms with Crippen LogP contribution < -0.4 is 19.7 Å². The molecule has 7 heteroatoms. The van der Waals surface area contributed by atoms with E-state index in [0.717, 1.165) is 10.6 Å². The van der Waals surface area contributed by atoms with Crippen LogP contribution in [0.2, 0.25) is 0 Å². The molecule has 1 heterocycles. The average molecular weight is 401 g/mol. The maximum atomic E-state index is 12.5. The van der Waals surface area contributed by atoms with E-state index in [2.05, 4.69) is 5.32 Å². The fraction of sp³-hybridized carbons (Fsp3) is 0.333. The Labute approximate surface area is 169 Å². The van der Waals surface area contributed by atoms with Gasteiger partial charge >= 0.3 is 0 Å². The lowest BCUT2D eigenvalue weighted by Crippen LogP contribution is -2.37.